The van der Waals surface area contributed by atoms with Gasteiger partial charge in [0.05, 0.1) is 22.2 Å². The summed E-state index contributed by atoms with van der Waals surface area (Å²) in [6, 6.07) is 2.82. The second-order valence-electron chi connectivity index (χ2n) is 7.78. The molecule has 4 aliphatic rings. The largest absolute Gasteiger partial charge is 0.490 e. The van der Waals surface area contributed by atoms with E-state index < -0.39 is 5.97 Å². The molecule has 0 unspecified atom stereocenters. The fourth-order valence-corrected chi connectivity index (χ4v) is 6.11. The molecule has 5 rings (SSSR count). The predicted octanol–water partition coefficient (Wildman–Crippen LogP) is 5.29. The van der Waals surface area contributed by atoms with Gasteiger partial charge in [0.25, 0.3) is 0 Å². The van der Waals surface area contributed by atoms with Crippen molar-refractivity contribution in [3.05, 3.63) is 27.7 Å². The van der Waals surface area contributed by atoms with Crippen LogP contribution in [0.15, 0.2) is 12.1 Å². The molecule has 0 radical (unpaired) electrons. The Labute approximate surface area is 145 Å². The Balaban J connectivity index is 1.52. The quantitative estimate of drug-likeness (QED) is 0.799. The van der Waals surface area contributed by atoms with Crippen LogP contribution >= 0.6 is 23.2 Å². The van der Waals surface area contributed by atoms with Crippen LogP contribution < -0.4 is 4.74 Å². The Bertz CT molecular complexity index is 597. The van der Waals surface area contributed by atoms with Gasteiger partial charge in [0, 0.05) is 5.41 Å². The Morgan fingerprint density at radius 2 is 1.57 bits per heavy atom. The molecule has 124 valence electrons. The van der Waals surface area contributed by atoms with E-state index in [2.05, 4.69) is 0 Å². The number of carboxylic acid groups (broad SMARTS) is 1. The van der Waals surface area contributed by atoms with Crippen molar-refractivity contribution in [2.75, 3.05) is 6.61 Å². The lowest BCUT2D eigenvalue weighted by Gasteiger charge is -2.56. The highest BCUT2D eigenvalue weighted by molar-refractivity contribution is 6.37. The molecular weight excluding hydrogens is 335 g/mol. The average Bonchev–Trinajstić information content (AvgIpc) is 2.44. The molecule has 4 fully saturated rings. The van der Waals surface area contributed by atoms with Gasteiger partial charge < -0.3 is 9.84 Å². The van der Waals surface area contributed by atoms with Crippen LogP contribution in [0, 0.1) is 23.2 Å². The second-order valence-corrected chi connectivity index (χ2v) is 8.59. The zero-order valence-electron chi connectivity index (χ0n) is 12.9. The fraction of sp³-hybridized carbons (Fsp3) is 0.611. The molecule has 0 aromatic heterocycles. The van der Waals surface area contributed by atoms with Crippen molar-refractivity contribution in [2.45, 2.75) is 38.5 Å². The van der Waals surface area contributed by atoms with Gasteiger partial charge in [0.15, 0.2) is 5.75 Å². The van der Waals surface area contributed by atoms with E-state index in [9.17, 15) is 4.79 Å². The lowest BCUT2D eigenvalue weighted by molar-refractivity contribution is -0.0745. The first-order valence-electron chi connectivity index (χ1n) is 8.29. The Morgan fingerprint density at radius 3 is 2.00 bits per heavy atom. The van der Waals surface area contributed by atoms with E-state index in [0.717, 1.165) is 17.8 Å². The molecule has 0 aliphatic heterocycles. The van der Waals surface area contributed by atoms with Gasteiger partial charge in [-0.15, -0.1) is 0 Å². The average molecular weight is 355 g/mol. The minimum absolute atomic E-state index is 0.0853. The van der Waals surface area contributed by atoms with Crippen LogP contribution in [0.25, 0.3) is 0 Å². The minimum atomic E-state index is -1.04. The maximum atomic E-state index is 11.0. The van der Waals surface area contributed by atoms with Crippen molar-refractivity contribution in [1.29, 1.82) is 0 Å². The number of carboxylic acids is 1. The van der Waals surface area contributed by atoms with Gasteiger partial charge in [-0.1, -0.05) is 23.2 Å². The summed E-state index contributed by atoms with van der Waals surface area (Å²) >= 11 is 12.4. The van der Waals surface area contributed by atoms with Crippen LogP contribution in [-0.4, -0.2) is 17.7 Å². The molecule has 0 saturated heterocycles. The van der Waals surface area contributed by atoms with E-state index in [1.165, 1.54) is 50.7 Å². The van der Waals surface area contributed by atoms with Crippen LogP contribution in [0.4, 0.5) is 0 Å². The first-order chi connectivity index (χ1) is 10.9. The van der Waals surface area contributed by atoms with E-state index in [1.54, 1.807) is 0 Å². The molecule has 4 bridgehead atoms. The first-order valence-corrected chi connectivity index (χ1v) is 9.05. The molecule has 4 saturated carbocycles. The van der Waals surface area contributed by atoms with Crippen LogP contribution in [0.2, 0.25) is 10.0 Å². The summed E-state index contributed by atoms with van der Waals surface area (Å²) in [6.45, 7) is 0.641. The Hall–Kier alpha value is -0.930. The van der Waals surface area contributed by atoms with E-state index in [0.29, 0.717) is 12.4 Å². The van der Waals surface area contributed by atoms with Crippen LogP contribution in [0.5, 0.6) is 5.75 Å². The van der Waals surface area contributed by atoms with Gasteiger partial charge in [0.2, 0.25) is 0 Å². The van der Waals surface area contributed by atoms with Crippen molar-refractivity contribution >= 4 is 29.2 Å². The van der Waals surface area contributed by atoms with E-state index in [1.807, 2.05) is 0 Å². The van der Waals surface area contributed by atoms with Crippen molar-refractivity contribution < 1.29 is 14.6 Å². The third-order valence-corrected chi connectivity index (χ3v) is 6.49. The lowest BCUT2D eigenvalue weighted by Crippen LogP contribution is -2.48. The van der Waals surface area contributed by atoms with E-state index in [-0.39, 0.29) is 21.0 Å². The third kappa shape index (κ3) is 2.83. The number of carbonyl (C=O) groups is 1. The van der Waals surface area contributed by atoms with Crippen molar-refractivity contribution in [2.24, 2.45) is 23.2 Å². The van der Waals surface area contributed by atoms with Gasteiger partial charge in [-0.3, -0.25) is 0 Å². The number of halogens is 2. The summed E-state index contributed by atoms with van der Waals surface area (Å²) in [5, 5.41) is 9.60. The molecule has 0 atom stereocenters. The number of hydrogen-bond donors (Lipinski definition) is 1. The van der Waals surface area contributed by atoms with E-state index >= 15 is 0 Å². The Kier molecular flexibility index (Phi) is 3.77. The second kappa shape index (κ2) is 5.56. The summed E-state index contributed by atoms with van der Waals surface area (Å²) in [6.07, 6.45) is 7.94. The number of rotatable bonds is 4. The third-order valence-electron chi connectivity index (χ3n) is 5.93. The zero-order valence-corrected chi connectivity index (χ0v) is 14.4. The standard InChI is InChI=1S/C18H20Cl2O3/c19-14-4-13(17(21)22)5-15(20)16(14)23-9-18-6-10-1-11(7-18)3-12(2-10)8-18/h4-5,10-12H,1-3,6-9H2,(H,21,22). The highest BCUT2D eigenvalue weighted by atomic mass is 35.5. The molecule has 23 heavy (non-hydrogen) atoms. The number of benzene rings is 1. The zero-order chi connectivity index (χ0) is 16.2. The summed E-state index contributed by atoms with van der Waals surface area (Å²) in [5.74, 6) is 1.98. The number of aromatic carboxylic acids is 1. The molecule has 1 aromatic rings. The summed E-state index contributed by atoms with van der Waals surface area (Å²) in [7, 11) is 0. The molecular formula is C18H20Cl2O3. The summed E-state index contributed by atoms with van der Waals surface area (Å²) in [5.41, 5.74) is 0.356. The van der Waals surface area contributed by atoms with Crippen molar-refractivity contribution in [3.8, 4) is 5.75 Å². The number of hydrogen-bond acceptors (Lipinski definition) is 2. The maximum absolute atomic E-state index is 11.0. The first kappa shape index (κ1) is 15.6. The lowest BCUT2D eigenvalue weighted by atomic mass is 9.50. The molecule has 4 aliphatic carbocycles. The maximum Gasteiger partial charge on any atom is 0.335 e. The van der Waals surface area contributed by atoms with Gasteiger partial charge in [0.1, 0.15) is 0 Å². The fourth-order valence-electron chi connectivity index (χ4n) is 5.51. The van der Waals surface area contributed by atoms with Crippen molar-refractivity contribution in [1.82, 2.24) is 0 Å². The molecule has 0 spiro atoms. The molecule has 1 aromatic carbocycles. The van der Waals surface area contributed by atoms with Gasteiger partial charge in [-0.2, -0.15) is 0 Å². The SMILES string of the molecule is O=C(O)c1cc(Cl)c(OCC23CC4CC(CC(C4)C2)C3)c(Cl)c1. The monoisotopic (exact) mass is 354 g/mol. The van der Waals surface area contributed by atoms with Crippen LogP contribution in [0.3, 0.4) is 0 Å². The Morgan fingerprint density at radius 1 is 1.09 bits per heavy atom. The predicted molar refractivity (Wildman–Crippen MR) is 89.5 cm³/mol. The van der Waals surface area contributed by atoms with Crippen LogP contribution in [-0.2, 0) is 0 Å². The molecule has 5 heteroatoms. The molecule has 0 amide bonds. The highest BCUT2D eigenvalue weighted by Gasteiger charge is 2.51. The summed E-state index contributed by atoms with van der Waals surface area (Å²) < 4.78 is 6.03. The topological polar surface area (TPSA) is 46.5 Å². The van der Waals surface area contributed by atoms with Crippen LogP contribution in [0.1, 0.15) is 48.9 Å². The molecule has 1 N–H and O–H groups in total. The molecule has 3 nitrogen and oxygen atoms in total. The molecule has 0 heterocycles. The summed E-state index contributed by atoms with van der Waals surface area (Å²) in [4.78, 5) is 11.0. The van der Waals surface area contributed by atoms with E-state index in [4.69, 9.17) is 33.0 Å². The van der Waals surface area contributed by atoms with Crippen molar-refractivity contribution in [3.63, 3.8) is 0 Å². The minimum Gasteiger partial charge on any atom is -0.490 e. The number of ether oxygens (including phenoxy) is 1. The normalized spacial score (nSPS) is 34.6. The van der Waals surface area contributed by atoms with Gasteiger partial charge in [-0.25, -0.2) is 4.79 Å². The van der Waals surface area contributed by atoms with Gasteiger partial charge >= 0.3 is 5.97 Å². The van der Waals surface area contributed by atoms with Gasteiger partial charge in [-0.05, 0) is 68.4 Å². The highest BCUT2D eigenvalue weighted by Crippen LogP contribution is 2.60. The smallest absolute Gasteiger partial charge is 0.335 e.